The Bertz CT molecular complexity index is 184. The van der Waals surface area contributed by atoms with Gasteiger partial charge in [0, 0.05) is 0 Å². The highest BCUT2D eigenvalue weighted by Crippen LogP contribution is 2.21. The summed E-state index contributed by atoms with van der Waals surface area (Å²) in [6.07, 6.45) is 1.04. The fraction of sp³-hybridized carbons (Fsp3) is 0.889. The summed E-state index contributed by atoms with van der Waals surface area (Å²) in [5.41, 5.74) is 0. The van der Waals surface area contributed by atoms with Crippen molar-refractivity contribution in [2.75, 3.05) is 0 Å². The zero-order valence-electron chi connectivity index (χ0n) is 7.79. The molecule has 0 heterocycles. The third kappa shape index (κ3) is 2.95. The second kappa shape index (κ2) is 4.56. The molecule has 3 atom stereocenters. The van der Waals surface area contributed by atoms with Gasteiger partial charge in [-0.05, 0) is 19.8 Å². The van der Waals surface area contributed by atoms with E-state index in [1.165, 1.54) is 6.92 Å². The molecule has 0 aliphatic heterocycles. The van der Waals surface area contributed by atoms with Crippen LogP contribution in [0.2, 0.25) is 0 Å². The predicted molar refractivity (Wildman–Crippen MR) is 47.0 cm³/mol. The first-order chi connectivity index (χ1) is 6.11. The standard InChI is InChI=1S/C9H16FNO2/c1-6(12)9(13)11-8-5-3-2-4-7(8)10/h6-8,12H,2-5H2,1H3,(H,11,13)/t6-,7-,8-/m1/s1. The summed E-state index contributed by atoms with van der Waals surface area (Å²) >= 11 is 0. The molecule has 0 aromatic carbocycles. The number of carbonyl (C=O) groups is 1. The molecular weight excluding hydrogens is 173 g/mol. The minimum Gasteiger partial charge on any atom is -0.384 e. The van der Waals surface area contributed by atoms with Crippen LogP contribution in [0.1, 0.15) is 32.6 Å². The van der Waals surface area contributed by atoms with Crippen molar-refractivity contribution in [2.24, 2.45) is 0 Å². The summed E-state index contributed by atoms with van der Waals surface area (Å²) < 4.78 is 13.2. The highest BCUT2D eigenvalue weighted by Gasteiger charge is 2.26. The van der Waals surface area contributed by atoms with Gasteiger partial charge in [0.2, 0.25) is 5.91 Å². The van der Waals surface area contributed by atoms with Crippen molar-refractivity contribution in [3.05, 3.63) is 0 Å². The number of halogens is 1. The number of carbonyl (C=O) groups excluding carboxylic acids is 1. The van der Waals surface area contributed by atoms with Crippen LogP contribution in [0.25, 0.3) is 0 Å². The maximum absolute atomic E-state index is 13.2. The van der Waals surface area contributed by atoms with Gasteiger partial charge in [0.25, 0.3) is 0 Å². The Kier molecular flexibility index (Phi) is 3.66. The van der Waals surface area contributed by atoms with Crippen LogP contribution in [0, 0.1) is 0 Å². The fourth-order valence-electron chi connectivity index (χ4n) is 1.55. The number of aliphatic hydroxyl groups is 1. The highest BCUT2D eigenvalue weighted by molar-refractivity contribution is 5.80. The van der Waals surface area contributed by atoms with Crippen molar-refractivity contribution < 1.29 is 14.3 Å². The van der Waals surface area contributed by atoms with E-state index < -0.39 is 24.2 Å². The molecular formula is C9H16FNO2. The Morgan fingerprint density at radius 2 is 2.15 bits per heavy atom. The quantitative estimate of drug-likeness (QED) is 0.674. The molecule has 3 nitrogen and oxygen atoms in total. The van der Waals surface area contributed by atoms with Crippen LogP contribution in [-0.4, -0.2) is 29.3 Å². The van der Waals surface area contributed by atoms with Gasteiger partial charge in [-0.25, -0.2) is 4.39 Å². The molecule has 0 spiro atoms. The summed E-state index contributed by atoms with van der Waals surface area (Å²) in [5.74, 6) is -0.477. The van der Waals surface area contributed by atoms with Crippen LogP contribution in [0.3, 0.4) is 0 Å². The molecule has 1 saturated carbocycles. The summed E-state index contributed by atoms with van der Waals surface area (Å²) in [4.78, 5) is 11.0. The Labute approximate surface area is 77.3 Å². The van der Waals surface area contributed by atoms with Gasteiger partial charge < -0.3 is 10.4 Å². The van der Waals surface area contributed by atoms with E-state index in [1.54, 1.807) is 0 Å². The van der Waals surface area contributed by atoms with Crippen molar-refractivity contribution in [3.63, 3.8) is 0 Å². The molecule has 13 heavy (non-hydrogen) atoms. The molecule has 2 N–H and O–H groups in total. The van der Waals surface area contributed by atoms with Crippen molar-refractivity contribution >= 4 is 5.91 Å². The minimum atomic E-state index is -1.05. The summed E-state index contributed by atoms with van der Waals surface area (Å²) in [6, 6.07) is -0.393. The van der Waals surface area contributed by atoms with Gasteiger partial charge in [-0.15, -0.1) is 0 Å². The number of hydrogen-bond acceptors (Lipinski definition) is 2. The maximum atomic E-state index is 13.2. The minimum absolute atomic E-state index is 0.393. The van der Waals surface area contributed by atoms with Crippen molar-refractivity contribution in [1.82, 2.24) is 5.32 Å². The average Bonchev–Trinajstić information content (AvgIpc) is 2.08. The van der Waals surface area contributed by atoms with Gasteiger partial charge >= 0.3 is 0 Å². The normalized spacial score (nSPS) is 31.0. The van der Waals surface area contributed by atoms with Crippen molar-refractivity contribution in [3.8, 4) is 0 Å². The Morgan fingerprint density at radius 1 is 1.54 bits per heavy atom. The molecule has 0 radical (unpaired) electrons. The fourth-order valence-corrected chi connectivity index (χ4v) is 1.55. The average molecular weight is 189 g/mol. The van der Waals surface area contributed by atoms with E-state index in [9.17, 15) is 9.18 Å². The first-order valence-electron chi connectivity index (χ1n) is 4.74. The first kappa shape index (κ1) is 10.4. The van der Waals surface area contributed by atoms with E-state index >= 15 is 0 Å². The molecule has 1 amide bonds. The van der Waals surface area contributed by atoms with Crippen LogP contribution in [0.15, 0.2) is 0 Å². The third-order valence-corrected chi connectivity index (χ3v) is 2.39. The smallest absolute Gasteiger partial charge is 0.248 e. The molecule has 0 aromatic heterocycles. The van der Waals surface area contributed by atoms with Gasteiger partial charge in [-0.2, -0.15) is 0 Å². The molecule has 1 fully saturated rings. The van der Waals surface area contributed by atoms with Crippen LogP contribution in [-0.2, 0) is 4.79 Å². The summed E-state index contributed by atoms with van der Waals surface area (Å²) in [7, 11) is 0. The lowest BCUT2D eigenvalue weighted by Crippen LogP contribution is -2.46. The number of amides is 1. The van der Waals surface area contributed by atoms with E-state index in [4.69, 9.17) is 5.11 Å². The van der Waals surface area contributed by atoms with E-state index in [0.29, 0.717) is 12.8 Å². The van der Waals surface area contributed by atoms with Gasteiger partial charge in [0.05, 0.1) is 6.04 Å². The largest absolute Gasteiger partial charge is 0.384 e. The molecule has 0 saturated heterocycles. The molecule has 0 aromatic rings. The lowest BCUT2D eigenvalue weighted by molar-refractivity contribution is -0.129. The summed E-state index contributed by atoms with van der Waals surface area (Å²) in [6.45, 7) is 1.38. The third-order valence-electron chi connectivity index (χ3n) is 2.39. The Balaban J connectivity index is 2.38. The van der Waals surface area contributed by atoms with E-state index in [1.807, 2.05) is 0 Å². The van der Waals surface area contributed by atoms with Crippen LogP contribution in [0.5, 0.6) is 0 Å². The lowest BCUT2D eigenvalue weighted by Gasteiger charge is -2.27. The molecule has 1 rings (SSSR count). The number of hydrogen-bond donors (Lipinski definition) is 2. The molecule has 4 heteroatoms. The first-order valence-corrected chi connectivity index (χ1v) is 4.74. The Morgan fingerprint density at radius 3 is 2.69 bits per heavy atom. The second-order valence-corrected chi connectivity index (χ2v) is 3.59. The van der Waals surface area contributed by atoms with E-state index in [2.05, 4.69) is 5.32 Å². The van der Waals surface area contributed by atoms with Gasteiger partial charge in [-0.3, -0.25) is 4.79 Å². The topological polar surface area (TPSA) is 49.3 Å². The molecule has 76 valence electrons. The predicted octanol–water partition coefficient (Wildman–Crippen LogP) is 0.764. The number of nitrogens with one attached hydrogen (secondary N) is 1. The molecule has 1 aliphatic carbocycles. The number of aliphatic hydroxyl groups excluding tert-OH is 1. The van der Waals surface area contributed by atoms with Crippen molar-refractivity contribution in [2.45, 2.75) is 50.9 Å². The second-order valence-electron chi connectivity index (χ2n) is 3.59. The van der Waals surface area contributed by atoms with Gasteiger partial charge in [-0.1, -0.05) is 12.8 Å². The molecule has 1 aliphatic rings. The molecule has 0 unspecified atom stereocenters. The highest BCUT2D eigenvalue weighted by atomic mass is 19.1. The van der Waals surface area contributed by atoms with Crippen LogP contribution < -0.4 is 5.32 Å². The summed E-state index contributed by atoms with van der Waals surface area (Å²) in [5, 5.41) is 11.4. The zero-order valence-corrected chi connectivity index (χ0v) is 7.79. The van der Waals surface area contributed by atoms with Gasteiger partial charge in [0.1, 0.15) is 12.3 Å². The maximum Gasteiger partial charge on any atom is 0.248 e. The van der Waals surface area contributed by atoms with Gasteiger partial charge in [0.15, 0.2) is 0 Å². The number of rotatable bonds is 2. The zero-order chi connectivity index (χ0) is 9.84. The van der Waals surface area contributed by atoms with Crippen LogP contribution >= 0.6 is 0 Å². The monoisotopic (exact) mass is 189 g/mol. The Hall–Kier alpha value is -0.640. The van der Waals surface area contributed by atoms with Crippen molar-refractivity contribution in [1.29, 1.82) is 0 Å². The SMILES string of the molecule is C[C@@H](O)C(=O)N[C@@H]1CCCC[C@H]1F. The van der Waals surface area contributed by atoms with E-state index in [0.717, 1.165) is 12.8 Å². The van der Waals surface area contributed by atoms with E-state index in [-0.39, 0.29) is 0 Å². The molecule has 0 bridgehead atoms. The lowest BCUT2D eigenvalue weighted by atomic mass is 9.93. The number of alkyl halides is 1. The van der Waals surface area contributed by atoms with Crippen LogP contribution in [0.4, 0.5) is 4.39 Å².